The van der Waals surface area contributed by atoms with E-state index < -0.39 is 0 Å². The van der Waals surface area contributed by atoms with Crippen molar-refractivity contribution < 1.29 is 4.42 Å². The number of nitrogens with one attached hydrogen (secondary N) is 1. The summed E-state index contributed by atoms with van der Waals surface area (Å²) in [4.78, 5) is 0. The fourth-order valence-corrected chi connectivity index (χ4v) is 3.00. The highest BCUT2D eigenvalue weighted by molar-refractivity contribution is 9.10. The number of benzene rings is 1. The van der Waals surface area contributed by atoms with Crippen molar-refractivity contribution in [2.45, 2.75) is 25.8 Å². The molecule has 0 aliphatic carbocycles. The van der Waals surface area contributed by atoms with Crippen LogP contribution in [0.3, 0.4) is 0 Å². The molecule has 2 aromatic rings. The normalized spacial score (nSPS) is 12.6. The second kappa shape index (κ2) is 7.51. The average molecular weight is 377 g/mol. The Morgan fingerprint density at radius 3 is 2.70 bits per heavy atom. The maximum Gasteiger partial charge on any atom is 0.135 e. The summed E-state index contributed by atoms with van der Waals surface area (Å²) in [6.07, 6.45) is 3.49. The quantitative estimate of drug-likeness (QED) is 0.706. The van der Waals surface area contributed by atoms with Crippen LogP contribution in [0.25, 0.3) is 0 Å². The molecule has 1 atom stereocenters. The molecule has 1 aromatic heterocycles. The fraction of sp³-hybridized carbons (Fsp3) is 0.333. The van der Waals surface area contributed by atoms with Crippen LogP contribution in [0.2, 0.25) is 10.0 Å². The maximum atomic E-state index is 6.25. The highest BCUT2D eigenvalue weighted by Gasteiger charge is 2.19. The van der Waals surface area contributed by atoms with Gasteiger partial charge in [0.15, 0.2) is 0 Å². The summed E-state index contributed by atoms with van der Waals surface area (Å²) in [6, 6.07) is 7.57. The van der Waals surface area contributed by atoms with E-state index in [2.05, 4.69) is 28.2 Å². The van der Waals surface area contributed by atoms with Crippen LogP contribution >= 0.6 is 39.1 Å². The van der Waals surface area contributed by atoms with Gasteiger partial charge in [-0.25, -0.2) is 0 Å². The summed E-state index contributed by atoms with van der Waals surface area (Å²) in [5, 5.41) is 4.82. The Balaban J connectivity index is 2.21. The predicted octanol–water partition coefficient (Wildman–Crippen LogP) is 5.63. The molecular formula is C15H16BrCl2NO. The Labute approximate surface area is 137 Å². The van der Waals surface area contributed by atoms with Crippen molar-refractivity contribution in [2.24, 2.45) is 0 Å². The third-order valence-corrected chi connectivity index (χ3v) is 4.28. The molecule has 0 fully saturated rings. The van der Waals surface area contributed by atoms with Crippen LogP contribution in [0.1, 0.15) is 30.7 Å². The molecule has 0 saturated heterocycles. The first-order chi connectivity index (χ1) is 9.61. The number of hydrogen-bond acceptors (Lipinski definition) is 2. The van der Waals surface area contributed by atoms with E-state index in [-0.39, 0.29) is 6.04 Å². The molecule has 1 unspecified atom stereocenters. The van der Waals surface area contributed by atoms with Gasteiger partial charge in [0, 0.05) is 10.0 Å². The maximum absolute atomic E-state index is 6.25. The summed E-state index contributed by atoms with van der Waals surface area (Å²) in [5.74, 6) is 0.893. The number of rotatable bonds is 6. The van der Waals surface area contributed by atoms with Gasteiger partial charge in [0.1, 0.15) is 5.76 Å². The summed E-state index contributed by atoms with van der Waals surface area (Å²) < 4.78 is 6.55. The zero-order valence-corrected chi connectivity index (χ0v) is 14.2. The van der Waals surface area contributed by atoms with Crippen molar-refractivity contribution in [1.82, 2.24) is 5.32 Å². The lowest BCUT2D eigenvalue weighted by atomic mass is 10.0. The largest absolute Gasteiger partial charge is 0.466 e. The molecule has 0 aliphatic heterocycles. The summed E-state index contributed by atoms with van der Waals surface area (Å²) >= 11 is 15.7. The highest BCUT2D eigenvalue weighted by Crippen LogP contribution is 2.30. The minimum absolute atomic E-state index is 0.0815. The van der Waals surface area contributed by atoms with Crippen LogP contribution in [0.5, 0.6) is 0 Å². The third-order valence-electron chi connectivity index (χ3n) is 3.04. The standard InChI is InChI=1S/C15H16BrCl2NO/c1-2-6-19-14(15-12(16)5-7-20-15)8-10-3-4-11(17)9-13(10)18/h3-5,7,9,14,19H,2,6,8H2,1H3. The van der Waals surface area contributed by atoms with Gasteiger partial charge in [0.2, 0.25) is 0 Å². The number of furan rings is 1. The molecule has 5 heteroatoms. The molecular weight excluding hydrogens is 361 g/mol. The number of halogens is 3. The summed E-state index contributed by atoms with van der Waals surface area (Å²) in [6.45, 7) is 3.06. The van der Waals surface area contributed by atoms with Crippen molar-refractivity contribution in [1.29, 1.82) is 0 Å². The first-order valence-electron chi connectivity index (χ1n) is 6.52. The Morgan fingerprint density at radius 1 is 1.30 bits per heavy atom. The van der Waals surface area contributed by atoms with Gasteiger partial charge >= 0.3 is 0 Å². The molecule has 0 saturated carbocycles. The van der Waals surface area contributed by atoms with E-state index in [0.717, 1.165) is 35.2 Å². The lowest BCUT2D eigenvalue weighted by Gasteiger charge is -2.18. The van der Waals surface area contributed by atoms with Gasteiger partial charge in [0.05, 0.1) is 16.8 Å². The molecule has 20 heavy (non-hydrogen) atoms. The first kappa shape index (κ1) is 15.9. The Morgan fingerprint density at radius 2 is 2.10 bits per heavy atom. The Bertz CT molecular complexity index is 571. The van der Waals surface area contributed by atoms with E-state index in [1.54, 1.807) is 12.3 Å². The smallest absolute Gasteiger partial charge is 0.135 e. The molecule has 0 radical (unpaired) electrons. The highest BCUT2D eigenvalue weighted by atomic mass is 79.9. The fourth-order valence-electron chi connectivity index (χ4n) is 2.04. The molecule has 2 nitrogen and oxygen atoms in total. The Kier molecular flexibility index (Phi) is 5.97. The predicted molar refractivity (Wildman–Crippen MR) is 87.6 cm³/mol. The van der Waals surface area contributed by atoms with E-state index in [4.69, 9.17) is 27.6 Å². The first-order valence-corrected chi connectivity index (χ1v) is 8.07. The second-order valence-corrected chi connectivity index (χ2v) is 6.28. The van der Waals surface area contributed by atoms with Gasteiger partial charge in [-0.3, -0.25) is 0 Å². The van der Waals surface area contributed by atoms with E-state index in [1.165, 1.54) is 0 Å². The van der Waals surface area contributed by atoms with Gasteiger partial charge in [0.25, 0.3) is 0 Å². The lowest BCUT2D eigenvalue weighted by molar-refractivity contribution is 0.408. The SMILES string of the molecule is CCCNC(Cc1ccc(Cl)cc1Cl)c1occc1Br. The van der Waals surface area contributed by atoms with E-state index in [1.807, 2.05) is 18.2 Å². The topological polar surface area (TPSA) is 25.2 Å². The zero-order chi connectivity index (χ0) is 14.5. The van der Waals surface area contributed by atoms with Crippen LogP contribution in [0, 0.1) is 0 Å². The molecule has 0 bridgehead atoms. The molecule has 1 aromatic carbocycles. The Hall–Kier alpha value is -0.480. The van der Waals surface area contributed by atoms with Gasteiger partial charge < -0.3 is 9.73 Å². The van der Waals surface area contributed by atoms with Gasteiger partial charge in [-0.15, -0.1) is 0 Å². The third kappa shape index (κ3) is 4.01. The molecule has 0 aliphatic rings. The molecule has 0 spiro atoms. The van der Waals surface area contributed by atoms with Crippen molar-refractivity contribution in [3.05, 3.63) is 56.4 Å². The van der Waals surface area contributed by atoms with Crippen LogP contribution in [-0.4, -0.2) is 6.54 Å². The van der Waals surface area contributed by atoms with Crippen molar-refractivity contribution in [3.63, 3.8) is 0 Å². The van der Waals surface area contributed by atoms with E-state index in [0.29, 0.717) is 10.0 Å². The van der Waals surface area contributed by atoms with Crippen molar-refractivity contribution in [2.75, 3.05) is 6.54 Å². The summed E-state index contributed by atoms with van der Waals surface area (Å²) in [5.41, 5.74) is 1.05. The van der Waals surface area contributed by atoms with Crippen LogP contribution in [-0.2, 0) is 6.42 Å². The van der Waals surface area contributed by atoms with E-state index in [9.17, 15) is 0 Å². The minimum atomic E-state index is 0.0815. The van der Waals surface area contributed by atoms with Crippen molar-refractivity contribution in [3.8, 4) is 0 Å². The zero-order valence-electron chi connectivity index (χ0n) is 11.1. The van der Waals surface area contributed by atoms with Crippen LogP contribution in [0.15, 0.2) is 39.4 Å². The van der Waals surface area contributed by atoms with Crippen molar-refractivity contribution >= 4 is 39.1 Å². The summed E-state index contributed by atoms with van der Waals surface area (Å²) in [7, 11) is 0. The molecule has 0 amide bonds. The average Bonchev–Trinajstić information content (AvgIpc) is 2.83. The van der Waals surface area contributed by atoms with Gasteiger partial charge in [-0.05, 0) is 59.1 Å². The second-order valence-electron chi connectivity index (χ2n) is 4.58. The minimum Gasteiger partial charge on any atom is -0.466 e. The molecule has 1 heterocycles. The molecule has 2 rings (SSSR count). The van der Waals surface area contributed by atoms with Gasteiger partial charge in [-0.1, -0.05) is 36.2 Å². The number of hydrogen-bond donors (Lipinski definition) is 1. The van der Waals surface area contributed by atoms with Crippen LogP contribution < -0.4 is 5.32 Å². The monoisotopic (exact) mass is 375 g/mol. The van der Waals surface area contributed by atoms with E-state index >= 15 is 0 Å². The lowest BCUT2D eigenvalue weighted by Crippen LogP contribution is -2.24. The molecule has 1 N–H and O–H groups in total. The molecule has 108 valence electrons. The van der Waals surface area contributed by atoms with Gasteiger partial charge in [-0.2, -0.15) is 0 Å². The van der Waals surface area contributed by atoms with Crippen LogP contribution in [0.4, 0.5) is 0 Å².